The molecule has 0 aliphatic heterocycles. The number of hydrogen-bond acceptors (Lipinski definition) is 6. The monoisotopic (exact) mass is 328 g/mol. The molecule has 1 aromatic carbocycles. The van der Waals surface area contributed by atoms with E-state index in [1.807, 2.05) is 19.1 Å². The molecule has 0 atom stereocenters. The van der Waals surface area contributed by atoms with Gasteiger partial charge in [0.1, 0.15) is 6.61 Å². The van der Waals surface area contributed by atoms with E-state index >= 15 is 0 Å². The minimum Gasteiger partial charge on any atom is -0.472 e. The fourth-order valence-corrected chi connectivity index (χ4v) is 2.24. The molecule has 2 heterocycles. The lowest BCUT2D eigenvalue weighted by molar-refractivity contribution is 0.0918. The molecule has 3 rings (SSSR count). The van der Waals surface area contributed by atoms with Crippen molar-refractivity contribution < 1.29 is 9.53 Å². The van der Waals surface area contributed by atoms with Crippen LogP contribution in [0.4, 0.5) is 0 Å². The Kier molecular flexibility index (Phi) is 3.98. The summed E-state index contributed by atoms with van der Waals surface area (Å²) in [6, 6.07) is 7.13. The predicted molar refractivity (Wildman–Crippen MR) is 84.2 cm³/mol. The first-order valence-electron chi connectivity index (χ1n) is 7.24. The zero-order chi connectivity index (χ0) is 17.3. The molecule has 0 bridgehead atoms. The van der Waals surface area contributed by atoms with Gasteiger partial charge in [-0.2, -0.15) is 9.36 Å². The van der Waals surface area contributed by atoms with Crippen molar-refractivity contribution in [2.75, 3.05) is 0 Å². The van der Waals surface area contributed by atoms with Crippen molar-refractivity contribution in [3.63, 3.8) is 0 Å². The molecule has 0 saturated heterocycles. The predicted octanol–water partition coefficient (Wildman–Crippen LogP) is 0.710. The van der Waals surface area contributed by atoms with Gasteiger partial charge in [0.2, 0.25) is 11.8 Å². The zero-order valence-electron chi connectivity index (χ0n) is 13.5. The van der Waals surface area contributed by atoms with Gasteiger partial charge < -0.3 is 4.74 Å². The molecule has 2 aromatic heterocycles. The van der Waals surface area contributed by atoms with Crippen molar-refractivity contribution in [2.24, 2.45) is 7.05 Å². The molecule has 3 aromatic rings. The highest BCUT2D eigenvalue weighted by Crippen LogP contribution is 2.19. The molecule has 24 heavy (non-hydrogen) atoms. The summed E-state index contributed by atoms with van der Waals surface area (Å²) >= 11 is 0. The van der Waals surface area contributed by atoms with Crippen LogP contribution in [0.15, 0.2) is 35.3 Å². The van der Waals surface area contributed by atoms with Gasteiger partial charge in [-0.25, -0.2) is 9.48 Å². The zero-order valence-corrected chi connectivity index (χ0v) is 13.5. The third-order valence-corrected chi connectivity index (χ3v) is 3.59. The molecular formula is C15H16N6O3. The highest BCUT2D eigenvalue weighted by Gasteiger charge is 2.14. The summed E-state index contributed by atoms with van der Waals surface area (Å²) < 4.78 is 9.23. The maximum atomic E-state index is 12.1. The summed E-state index contributed by atoms with van der Waals surface area (Å²) in [5.41, 5.74) is 1.98. The Labute approximate surface area is 137 Å². The molecule has 0 spiro atoms. The van der Waals surface area contributed by atoms with Gasteiger partial charge in [-0.15, -0.1) is 5.10 Å². The maximum Gasteiger partial charge on any atom is 0.368 e. The lowest BCUT2D eigenvalue weighted by atomic mass is 10.1. The van der Waals surface area contributed by atoms with Gasteiger partial charge in [0, 0.05) is 31.8 Å². The van der Waals surface area contributed by atoms with Crippen LogP contribution in [-0.4, -0.2) is 35.5 Å². The lowest BCUT2D eigenvalue weighted by Gasteiger charge is -2.11. The summed E-state index contributed by atoms with van der Waals surface area (Å²) in [4.78, 5) is 23.3. The summed E-state index contributed by atoms with van der Waals surface area (Å²) in [5, 5.41) is 11.6. The largest absolute Gasteiger partial charge is 0.472 e. The second kappa shape index (κ2) is 6.11. The number of ether oxygens (including phenoxy) is 1. The second-order valence-corrected chi connectivity index (χ2v) is 5.28. The van der Waals surface area contributed by atoms with Crippen LogP contribution in [0.5, 0.6) is 5.88 Å². The molecule has 9 nitrogen and oxygen atoms in total. The highest BCUT2D eigenvalue weighted by atomic mass is 16.5. The van der Waals surface area contributed by atoms with Crippen molar-refractivity contribution in [1.29, 1.82) is 0 Å². The number of benzene rings is 1. The molecule has 0 amide bonds. The Bertz CT molecular complexity index is 952. The van der Waals surface area contributed by atoms with E-state index in [0.29, 0.717) is 11.6 Å². The van der Waals surface area contributed by atoms with Gasteiger partial charge in [-0.05, 0) is 29.0 Å². The van der Waals surface area contributed by atoms with E-state index < -0.39 is 0 Å². The van der Waals surface area contributed by atoms with E-state index in [9.17, 15) is 9.59 Å². The number of carbonyl (C=O) groups excluding carboxylic acids is 1. The molecule has 9 heteroatoms. The van der Waals surface area contributed by atoms with Crippen LogP contribution in [0.1, 0.15) is 22.8 Å². The van der Waals surface area contributed by atoms with Gasteiger partial charge in [0.15, 0.2) is 0 Å². The smallest absolute Gasteiger partial charge is 0.368 e. The molecular weight excluding hydrogens is 312 g/mol. The standard InChI is InChI=1S/C15H16N6O3/c1-10-5-4-6-13(21-15(23)19(3)17-18-21)12(10)9-24-14-7-8-20(16-14)11(2)22/h4-8H,9H2,1-3H3. The van der Waals surface area contributed by atoms with Gasteiger partial charge in [-0.3, -0.25) is 4.79 Å². The minimum atomic E-state index is -0.345. The van der Waals surface area contributed by atoms with Crippen LogP contribution in [-0.2, 0) is 13.7 Å². The van der Waals surface area contributed by atoms with E-state index in [1.165, 1.54) is 29.5 Å². The van der Waals surface area contributed by atoms with E-state index in [0.717, 1.165) is 15.8 Å². The Balaban J connectivity index is 1.91. The average Bonchev–Trinajstić information content (AvgIpc) is 3.14. The van der Waals surface area contributed by atoms with Crippen molar-refractivity contribution in [3.8, 4) is 11.6 Å². The fourth-order valence-electron chi connectivity index (χ4n) is 2.24. The molecule has 0 N–H and O–H groups in total. The number of nitrogens with zero attached hydrogens (tertiary/aromatic N) is 6. The summed E-state index contributed by atoms with van der Waals surface area (Å²) in [5.74, 6) is 0.124. The highest BCUT2D eigenvalue weighted by molar-refractivity contribution is 5.75. The number of hydrogen-bond donors (Lipinski definition) is 0. The number of aromatic nitrogens is 6. The normalized spacial score (nSPS) is 10.8. The Morgan fingerprint density at radius 3 is 2.67 bits per heavy atom. The van der Waals surface area contributed by atoms with Crippen LogP contribution in [0.3, 0.4) is 0 Å². The number of carbonyl (C=O) groups is 1. The number of rotatable bonds is 4. The van der Waals surface area contributed by atoms with Gasteiger partial charge >= 0.3 is 5.69 Å². The summed E-state index contributed by atoms with van der Waals surface area (Å²) in [7, 11) is 1.53. The van der Waals surface area contributed by atoms with E-state index in [4.69, 9.17) is 4.74 Å². The SMILES string of the molecule is CC(=O)n1ccc(OCc2c(C)cccc2-n2nnn(C)c2=O)n1. The average molecular weight is 328 g/mol. The molecule has 0 saturated carbocycles. The minimum absolute atomic E-state index is 0.180. The van der Waals surface area contributed by atoms with Crippen molar-refractivity contribution in [1.82, 2.24) is 29.6 Å². The van der Waals surface area contributed by atoms with Crippen LogP contribution in [0, 0.1) is 6.92 Å². The second-order valence-electron chi connectivity index (χ2n) is 5.28. The molecule has 0 aliphatic rings. The third-order valence-electron chi connectivity index (χ3n) is 3.59. The topological polar surface area (TPSA) is 96.8 Å². The van der Waals surface area contributed by atoms with Crippen LogP contribution >= 0.6 is 0 Å². The Morgan fingerprint density at radius 2 is 2.04 bits per heavy atom. The van der Waals surface area contributed by atoms with Gasteiger partial charge in [0.25, 0.3) is 0 Å². The maximum absolute atomic E-state index is 12.1. The van der Waals surface area contributed by atoms with E-state index in [-0.39, 0.29) is 18.2 Å². The number of tetrazole rings is 1. The summed E-state index contributed by atoms with van der Waals surface area (Å²) in [6.07, 6.45) is 1.53. The molecule has 0 unspecified atom stereocenters. The van der Waals surface area contributed by atoms with Crippen molar-refractivity contribution in [3.05, 3.63) is 52.1 Å². The van der Waals surface area contributed by atoms with Gasteiger partial charge in [-0.1, -0.05) is 12.1 Å². The molecule has 124 valence electrons. The van der Waals surface area contributed by atoms with Gasteiger partial charge in [0.05, 0.1) is 5.69 Å². The lowest BCUT2D eigenvalue weighted by Crippen LogP contribution is -2.23. The first-order chi connectivity index (χ1) is 11.5. The number of aryl methyl sites for hydroxylation is 2. The van der Waals surface area contributed by atoms with Crippen LogP contribution < -0.4 is 10.4 Å². The Hall–Kier alpha value is -3.23. The fraction of sp³-hybridized carbons (Fsp3) is 0.267. The van der Waals surface area contributed by atoms with E-state index in [1.54, 1.807) is 12.1 Å². The van der Waals surface area contributed by atoms with Crippen molar-refractivity contribution in [2.45, 2.75) is 20.5 Å². The third kappa shape index (κ3) is 2.83. The Morgan fingerprint density at radius 1 is 1.25 bits per heavy atom. The molecule has 0 fully saturated rings. The van der Waals surface area contributed by atoms with E-state index in [2.05, 4.69) is 15.5 Å². The molecule has 0 radical (unpaired) electrons. The van der Waals surface area contributed by atoms with Crippen LogP contribution in [0.25, 0.3) is 5.69 Å². The quantitative estimate of drug-likeness (QED) is 0.700. The van der Waals surface area contributed by atoms with Crippen LogP contribution in [0.2, 0.25) is 0 Å². The first kappa shape index (κ1) is 15.7. The van der Waals surface area contributed by atoms with Crippen molar-refractivity contribution >= 4 is 5.91 Å². The first-order valence-corrected chi connectivity index (χ1v) is 7.24. The summed E-state index contributed by atoms with van der Waals surface area (Å²) in [6.45, 7) is 3.51. The molecule has 0 aliphatic carbocycles.